The summed E-state index contributed by atoms with van der Waals surface area (Å²) in [5.74, 6) is 0.991. The van der Waals surface area contributed by atoms with Crippen molar-refractivity contribution in [3.63, 3.8) is 0 Å². The second kappa shape index (κ2) is 8.36. The smallest absolute Gasteiger partial charge is 0.251 e. The molecule has 0 fully saturated rings. The molecule has 0 aliphatic carbocycles. The standard InChI is InChI=1S/C20H18ClN3O2/c1-26-18-8-7-16(12-17(18)21)24-19-11-15(9-10-22-19)20(25)23-13-14-5-3-2-4-6-14/h2-12H,13H2,1H3,(H,22,24)(H,23,25). The minimum Gasteiger partial charge on any atom is -0.495 e. The van der Waals surface area contributed by atoms with E-state index in [1.807, 2.05) is 36.4 Å². The molecule has 3 rings (SSSR count). The lowest BCUT2D eigenvalue weighted by Crippen LogP contribution is -2.22. The van der Waals surface area contributed by atoms with Gasteiger partial charge in [0, 0.05) is 24.0 Å². The number of rotatable bonds is 6. The molecular formula is C20H18ClN3O2. The van der Waals surface area contributed by atoms with Crippen molar-refractivity contribution in [1.82, 2.24) is 10.3 Å². The number of anilines is 2. The third-order valence-electron chi connectivity index (χ3n) is 3.74. The highest BCUT2D eigenvalue weighted by Crippen LogP contribution is 2.28. The Hall–Kier alpha value is -3.05. The van der Waals surface area contributed by atoms with Crippen LogP contribution in [0.25, 0.3) is 0 Å². The van der Waals surface area contributed by atoms with Crippen molar-refractivity contribution in [2.45, 2.75) is 6.54 Å². The van der Waals surface area contributed by atoms with Gasteiger partial charge in [0.1, 0.15) is 11.6 Å². The molecule has 2 N–H and O–H groups in total. The highest BCUT2D eigenvalue weighted by molar-refractivity contribution is 6.32. The van der Waals surface area contributed by atoms with Crippen LogP contribution in [0.15, 0.2) is 66.9 Å². The van der Waals surface area contributed by atoms with E-state index < -0.39 is 0 Å². The summed E-state index contributed by atoms with van der Waals surface area (Å²) in [6, 6.07) is 18.5. The number of nitrogens with one attached hydrogen (secondary N) is 2. The molecule has 0 atom stereocenters. The Bertz CT molecular complexity index is 901. The zero-order chi connectivity index (χ0) is 18.4. The fourth-order valence-corrected chi connectivity index (χ4v) is 2.67. The Morgan fingerprint density at radius 2 is 1.92 bits per heavy atom. The van der Waals surface area contributed by atoms with E-state index in [0.29, 0.717) is 28.7 Å². The van der Waals surface area contributed by atoms with Crippen LogP contribution in [0, 0.1) is 0 Å². The maximum absolute atomic E-state index is 12.4. The molecule has 0 unspecified atom stereocenters. The van der Waals surface area contributed by atoms with Gasteiger partial charge in [-0.05, 0) is 35.9 Å². The molecule has 1 aromatic heterocycles. The first-order chi connectivity index (χ1) is 12.7. The SMILES string of the molecule is COc1ccc(Nc2cc(C(=O)NCc3ccccc3)ccn2)cc1Cl. The third-order valence-corrected chi connectivity index (χ3v) is 4.04. The Labute approximate surface area is 157 Å². The van der Waals surface area contributed by atoms with Gasteiger partial charge in [0.25, 0.3) is 5.91 Å². The molecule has 0 aliphatic heterocycles. The molecular weight excluding hydrogens is 350 g/mol. The lowest BCUT2D eigenvalue weighted by molar-refractivity contribution is 0.0951. The monoisotopic (exact) mass is 367 g/mol. The van der Waals surface area contributed by atoms with E-state index in [9.17, 15) is 4.79 Å². The van der Waals surface area contributed by atoms with E-state index in [2.05, 4.69) is 15.6 Å². The van der Waals surface area contributed by atoms with Crippen LogP contribution in [0.4, 0.5) is 11.5 Å². The molecule has 2 aromatic carbocycles. The Morgan fingerprint density at radius 3 is 2.65 bits per heavy atom. The number of amides is 1. The van der Waals surface area contributed by atoms with Crippen molar-refractivity contribution in [1.29, 1.82) is 0 Å². The van der Waals surface area contributed by atoms with Crippen LogP contribution < -0.4 is 15.4 Å². The van der Waals surface area contributed by atoms with Gasteiger partial charge in [-0.2, -0.15) is 0 Å². The van der Waals surface area contributed by atoms with Crippen molar-refractivity contribution in [3.8, 4) is 5.75 Å². The summed E-state index contributed by atoms with van der Waals surface area (Å²) in [4.78, 5) is 16.6. The summed E-state index contributed by atoms with van der Waals surface area (Å²) in [5.41, 5.74) is 2.32. The van der Waals surface area contributed by atoms with Crippen molar-refractivity contribution < 1.29 is 9.53 Å². The number of pyridine rings is 1. The van der Waals surface area contributed by atoms with Crippen LogP contribution >= 0.6 is 11.6 Å². The summed E-state index contributed by atoms with van der Waals surface area (Å²) in [6.45, 7) is 0.471. The van der Waals surface area contributed by atoms with E-state index in [-0.39, 0.29) is 5.91 Å². The van der Waals surface area contributed by atoms with Gasteiger partial charge in [-0.15, -0.1) is 0 Å². The van der Waals surface area contributed by atoms with Crippen LogP contribution in [0.3, 0.4) is 0 Å². The molecule has 6 heteroatoms. The average Bonchev–Trinajstić information content (AvgIpc) is 2.67. The number of carbonyl (C=O) groups is 1. The summed E-state index contributed by atoms with van der Waals surface area (Å²) < 4.78 is 5.14. The van der Waals surface area contributed by atoms with E-state index in [0.717, 1.165) is 11.3 Å². The number of hydrogen-bond donors (Lipinski definition) is 2. The quantitative estimate of drug-likeness (QED) is 0.677. The number of ether oxygens (including phenoxy) is 1. The normalized spacial score (nSPS) is 10.2. The van der Waals surface area contributed by atoms with E-state index in [4.69, 9.17) is 16.3 Å². The van der Waals surface area contributed by atoms with Gasteiger partial charge in [-0.25, -0.2) is 4.98 Å². The Morgan fingerprint density at radius 1 is 1.12 bits per heavy atom. The van der Waals surface area contributed by atoms with Crippen molar-refractivity contribution in [2.24, 2.45) is 0 Å². The predicted octanol–water partition coefficient (Wildman–Crippen LogP) is 4.42. The lowest BCUT2D eigenvalue weighted by Gasteiger charge is -2.10. The molecule has 0 aliphatic rings. The van der Waals surface area contributed by atoms with Crippen LogP contribution in [-0.4, -0.2) is 18.0 Å². The molecule has 132 valence electrons. The first kappa shape index (κ1) is 17.8. The van der Waals surface area contributed by atoms with Gasteiger partial charge >= 0.3 is 0 Å². The minimum atomic E-state index is -0.160. The molecule has 5 nitrogen and oxygen atoms in total. The molecule has 3 aromatic rings. The summed E-state index contributed by atoms with van der Waals surface area (Å²) >= 11 is 6.13. The molecule has 0 saturated heterocycles. The van der Waals surface area contributed by atoms with Gasteiger partial charge in [0.05, 0.1) is 12.1 Å². The summed E-state index contributed by atoms with van der Waals surface area (Å²) in [5, 5.41) is 6.53. The van der Waals surface area contributed by atoms with Gasteiger partial charge in [0.2, 0.25) is 0 Å². The van der Waals surface area contributed by atoms with Crippen LogP contribution in [-0.2, 0) is 6.54 Å². The van der Waals surface area contributed by atoms with Crippen LogP contribution in [0.5, 0.6) is 5.75 Å². The number of halogens is 1. The average molecular weight is 368 g/mol. The molecule has 26 heavy (non-hydrogen) atoms. The topological polar surface area (TPSA) is 63.2 Å². The van der Waals surface area contributed by atoms with E-state index in [1.165, 1.54) is 0 Å². The second-order valence-electron chi connectivity index (χ2n) is 5.57. The molecule has 0 radical (unpaired) electrons. The fourth-order valence-electron chi connectivity index (χ4n) is 2.41. The van der Waals surface area contributed by atoms with Gasteiger partial charge in [-0.1, -0.05) is 41.9 Å². The number of methoxy groups -OCH3 is 1. The Balaban J connectivity index is 1.67. The molecule has 0 saturated carbocycles. The fraction of sp³-hybridized carbons (Fsp3) is 0.100. The number of nitrogens with zero attached hydrogens (tertiary/aromatic N) is 1. The lowest BCUT2D eigenvalue weighted by atomic mass is 10.2. The van der Waals surface area contributed by atoms with Crippen molar-refractivity contribution in [2.75, 3.05) is 12.4 Å². The maximum Gasteiger partial charge on any atom is 0.251 e. The molecule has 1 heterocycles. The molecule has 1 amide bonds. The number of hydrogen-bond acceptors (Lipinski definition) is 4. The van der Waals surface area contributed by atoms with Gasteiger partial charge < -0.3 is 15.4 Å². The first-order valence-electron chi connectivity index (χ1n) is 8.04. The van der Waals surface area contributed by atoms with Crippen LogP contribution in [0.2, 0.25) is 5.02 Å². The molecule has 0 spiro atoms. The highest BCUT2D eigenvalue weighted by Gasteiger charge is 2.08. The Kier molecular flexibility index (Phi) is 5.71. The predicted molar refractivity (Wildman–Crippen MR) is 103 cm³/mol. The zero-order valence-corrected chi connectivity index (χ0v) is 15.0. The molecule has 0 bridgehead atoms. The van der Waals surface area contributed by atoms with Gasteiger partial charge in [-0.3, -0.25) is 4.79 Å². The third kappa shape index (κ3) is 4.52. The number of aromatic nitrogens is 1. The van der Waals surface area contributed by atoms with Crippen molar-refractivity contribution >= 4 is 29.0 Å². The van der Waals surface area contributed by atoms with E-state index in [1.54, 1.807) is 37.6 Å². The number of benzene rings is 2. The second-order valence-corrected chi connectivity index (χ2v) is 5.98. The highest BCUT2D eigenvalue weighted by atomic mass is 35.5. The minimum absolute atomic E-state index is 0.160. The summed E-state index contributed by atoms with van der Waals surface area (Å²) in [7, 11) is 1.56. The maximum atomic E-state index is 12.4. The van der Waals surface area contributed by atoms with E-state index >= 15 is 0 Å². The van der Waals surface area contributed by atoms with Gasteiger partial charge in [0.15, 0.2) is 0 Å². The number of carbonyl (C=O) groups excluding carboxylic acids is 1. The van der Waals surface area contributed by atoms with Crippen molar-refractivity contribution in [3.05, 3.63) is 83.0 Å². The van der Waals surface area contributed by atoms with Crippen LogP contribution in [0.1, 0.15) is 15.9 Å². The largest absolute Gasteiger partial charge is 0.495 e. The zero-order valence-electron chi connectivity index (χ0n) is 14.2. The first-order valence-corrected chi connectivity index (χ1v) is 8.42. The summed E-state index contributed by atoms with van der Waals surface area (Å²) in [6.07, 6.45) is 1.59.